The minimum absolute atomic E-state index is 0.00441. The lowest BCUT2D eigenvalue weighted by molar-refractivity contribution is -0.153. The third-order valence-corrected chi connectivity index (χ3v) is 8.39. The monoisotopic (exact) mass is 567 g/mol. The lowest BCUT2D eigenvalue weighted by Gasteiger charge is -2.50. The molecule has 0 aliphatic heterocycles. The molecule has 0 unspecified atom stereocenters. The van der Waals surface area contributed by atoms with Crippen molar-refractivity contribution < 1.29 is 44.0 Å². The largest absolute Gasteiger partial charge is 0.508 e. The number of ketones is 2. The lowest BCUT2D eigenvalue weighted by atomic mass is 9.57. The number of Topliss-reactive ketones (excluding diaryl/α,β-unsaturated/α-hetero) is 2. The predicted octanol–water partition coefficient (Wildman–Crippen LogP) is 0.960. The van der Waals surface area contributed by atoms with Gasteiger partial charge in [-0.1, -0.05) is 0 Å². The molecular weight excluding hydrogens is 534 g/mol. The number of amides is 1. The zero-order chi connectivity index (χ0) is 29.8. The van der Waals surface area contributed by atoms with Crippen LogP contribution in [0.4, 0.5) is 0 Å². The van der Waals surface area contributed by atoms with Gasteiger partial charge < -0.3 is 40.6 Å². The number of methoxy groups -OCH3 is 1. The van der Waals surface area contributed by atoms with E-state index in [0.29, 0.717) is 36.6 Å². The lowest BCUT2D eigenvalue weighted by Crippen LogP contribution is -2.65. The van der Waals surface area contributed by atoms with Crippen molar-refractivity contribution in [1.29, 1.82) is 0 Å². The van der Waals surface area contributed by atoms with Crippen LogP contribution >= 0.6 is 0 Å². The molecule has 0 bridgehead atoms. The fourth-order valence-corrected chi connectivity index (χ4v) is 6.57. The molecule has 2 aromatic rings. The normalized spacial score (nSPS) is 25.8. The zero-order valence-electron chi connectivity index (χ0n) is 22.9. The highest BCUT2D eigenvalue weighted by Crippen LogP contribution is 2.53. The molecule has 1 saturated carbocycles. The summed E-state index contributed by atoms with van der Waals surface area (Å²) in [5.41, 5.74) is 3.61. The molecule has 4 atom stereocenters. The highest BCUT2D eigenvalue weighted by Gasteiger charge is 2.64. The number of nitrogens with one attached hydrogen (secondary N) is 1. The number of carbonyl (C=O) groups excluding carboxylic acids is 3. The van der Waals surface area contributed by atoms with E-state index in [9.17, 15) is 34.8 Å². The zero-order valence-corrected chi connectivity index (χ0v) is 22.9. The fourth-order valence-electron chi connectivity index (χ4n) is 6.57. The van der Waals surface area contributed by atoms with Crippen molar-refractivity contribution in [2.75, 3.05) is 34.4 Å². The Morgan fingerprint density at radius 1 is 1.22 bits per heavy atom. The van der Waals surface area contributed by atoms with Crippen LogP contribution in [0.3, 0.4) is 0 Å². The quantitative estimate of drug-likeness (QED) is 0.196. The van der Waals surface area contributed by atoms with Crippen LogP contribution in [0.1, 0.15) is 23.1 Å². The minimum atomic E-state index is -2.68. The second-order valence-corrected chi connectivity index (χ2v) is 10.9. The van der Waals surface area contributed by atoms with Crippen LogP contribution in [0.2, 0.25) is 0 Å². The van der Waals surface area contributed by atoms with E-state index in [4.69, 9.17) is 14.9 Å². The first-order chi connectivity index (χ1) is 19.4. The molecular formula is C29H33N3O9. The fraction of sp³-hybridized carbons (Fsp3) is 0.414. The van der Waals surface area contributed by atoms with Gasteiger partial charge in [0.1, 0.15) is 28.6 Å². The summed E-state index contributed by atoms with van der Waals surface area (Å²) in [6.07, 6.45) is 1.71. The van der Waals surface area contributed by atoms with Gasteiger partial charge in [0.05, 0.1) is 24.5 Å². The van der Waals surface area contributed by atoms with Crippen molar-refractivity contribution in [1.82, 2.24) is 10.2 Å². The van der Waals surface area contributed by atoms with E-state index in [1.165, 1.54) is 17.2 Å². The molecule has 3 aliphatic rings. The number of hydrogen-bond donors (Lipinski definition) is 6. The summed E-state index contributed by atoms with van der Waals surface area (Å²) in [5, 5.41) is 48.2. The molecule has 218 valence electrons. The van der Waals surface area contributed by atoms with Crippen molar-refractivity contribution in [3.8, 4) is 17.1 Å². The van der Waals surface area contributed by atoms with E-state index < -0.39 is 58.0 Å². The summed E-state index contributed by atoms with van der Waals surface area (Å²) >= 11 is 0. The van der Waals surface area contributed by atoms with Gasteiger partial charge >= 0.3 is 0 Å². The van der Waals surface area contributed by atoms with Crippen LogP contribution in [0.5, 0.6) is 5.75 Å². The molecule has 12 nitrogen and oxygen atoms in total. The van der Waals surface area contributed by atoms with E-state index in [1.54, 1.807) is 27.3 Å². The summed E-state index contributed by atoms with van der Waals surface area (Å²) in [6.45, 7) is 1.60. The third-order valence-electron chi connectivity index (χ3n) is 8.39. The molecule has 12 heteroatoms. The number of likely N-dealkylation sites (N-methyl/N-ethyl adjacent to an activating group) is 1. The molecule has 5 rings (SSSR count). The smallest absolute Gasteiger partial charge is 0.255 e. The van der Waals surface area contributed by atoms with E-state index >= 15 is 0 Å². The number of rotatable bonds is 8. The summed E-state index contributed by atoms with van der Waals surface area (Å²) in [6, 6.07) is 3.71. The maximum atomic E-state index is 14.0. The van der Waals surface area contributed by atoms with E-state index in [1.807, 2.05) is 6.07 Å². The number of furan rings is 1. The Kier molecular flexibility index (Phi) is 7.28. The Morgan fingerprint density at radius 3 is 2.61 bits per heavy atom. The Hall–Kier alpha value is -3.97. The number of hydrogen-bond acceptors (Lipinski definition) is 11. The van der Waals surface area contributed by atoms with Crippen LogP contribution in [0, 0.1) is 11.8 Å². The number of phenols is 1. The van der Waals surface area contributed by atoms with Gasteiger partial charge in [-0.05, 0) is 56.6 Å². The molecule has 0 spiro atoms. The topological polar surface area (TPSA) is 196 Å². The molecule has 1 aromatic carbocycles. The van der Waals surface area contributed by atoms with E-state index in [0.717, 1.165) is 5.56 Å². The number of aromatic hydroxyl groups is 1. The minimum Gasteiger partial charge on any atom is -0.508 e. The first kappa shape index (κ1) is 28.6. The molecule has 3 aliphatic carbocycles. The molecule has 1 heterocycles. The van der Waals surface area contributed by atoms with Gasteiger partial charge in [0.2, 0.25) is 5.78 Å². The Balaban J connectivity index is 1.65. The van der Waals surface area contributed by atoms with Crippen LogP contribution in [-0.4, -0.2) is 88.8 Å². The number of aliphatic hydroxyl groups is 3. The van der Waals surface area contributed by atoms with E-state index in [-0.39, 0.29) is 29.7 Å². The number of primary amides is 1. The van der Waals surface area contributed by atoms with Gasteiger partial charge in [-0.25, -0.2) is 0 Å². The van der Waals surface area contributed by atoms with Gasteiger partial charge in [0.15, 0.2) is 11.4 Å². The summed E-state index contributed by atoms with van der Waals surface area (Å²) in [7, 11) is 4.72. The van der Waals surface area contributed by atoms with E-state index in [2.05, 4.69) is 5.32 Å². The number of fused-ring (bicyclic) bond motifs is 3. The third kappa shape index (κ3) is 4.25. The van der Waals surface area contributed by atoms with Gasteiger partial charge in [-0.2, -0.15) is 0 Å². The van der Waals surface area contributed by atoms with Crippen LogP contribution in [-0.2, 0) is 32.1 Å². The second kappa shape index (κ2) is 10.5. The number of phenolic OH excluding ortho intramolecular Hbond substituents is 1. The van der Waals surface area contributed by atoms with Crippen molar-refractivity contribution in [2.24, 2.45) is 17.6 Å². The van der Waals surface area contributed by atoms with Crippen molar-refractivity contribution >= 4 is 23.2 Å². The number of nitrogens with zero attached hydrogens (tertiary/aromatic N) is 1. The average molecular weight is 568 g/mol. The van der Waals surface area contributed by atoms with Crippen molar-refractivity contribution in [2.45, 2.75) is 31.0 Å². The average Bonchev–Trinajstić information content (AvgIpc) is 3.36. The molecule has 41 heavy (non-hydrogen) atoms. The number of benzene rings is 1. The van der Waals surface area contributed by atoms with Crippen LogP contribution in [0.15, 0.2) is 45.8 Å². The molecule has 0 saturated heterocycles. The van der Waals surface area contributed by atoms with Gasteiger partial charge in [0.25, 0.3) is 5.91 Å². The molecule has 7 N–H and O–H groups in total. The van der Waals surface area contributed by atoms with Gasteiger partial charge in [-0.3, -0.25) is 19.3 Å². The van der Waals surface area contributed by atoms with Crippen molar-refractivity contribution in [3.63, 3.8) is 0 Å². The highest BCUT2D eigenvalue weighted by atomic mass is 16.5. The SMILES string of the molecule is COCCNCc1ccoc1-c1ccc(O)c2c1C[C@H]1C[C@H]3[C@H](N(C)C)C(=O)C(C(N)=O)=C(O)[C@@]3(O)C(=O)C1=C2O. The molecule has 0 radical (unpaired) electrons. The summed E-state index contributed by atoms with van der Waals surface area (Å²) in [5.74, 6) is -6.39. The van der Waals surface area contributed by atoms with Crippen LogP contribution < -0.4 is 11.1 Å². The first-order valence-electron chi connectivity index (χ1n) is 13.2. The number of carbonyl (C=O) groups is 3. The number of ether oxygens (including phenoxy) is 1. The Labute approximate surface area is 235 Å². The molecule has 1 aromatic heterocycles. The second-order valence-electron chi connectivity index (χ2n) is 10.9. The van der Waals surface area contributed by atoms with Gasteiger partial charge in [-0.15, -0.1) is 0 Å². The Morgan fingerprint density at radius 2 is 1.95 bits per heavy atom. The van der Waals surface area contributed by atoms with Crippen molar-refractivity contribution in [3.05, 3.63) is 58.1 Å². The first-order valence-corrected chi connectivity index (χ1v) is 13.2. The number of nitrogens with two attached hydrogens (primary N) is 1. The van der Waals surface area contributed by atoms with Gasteiger partial charge in [0, 0.05) is 42.8 Å². The molecule has 1 amide bonds. The molecule has 1 fully saturated rings. The number of aliphatic hydroxyl groups excluding tert-OH is 2. The maximum absolute atomic E-state index is 14.0. The standard InChI is InChI=1S/C29H33N3O9/c1-32(2)22-17-11-14-10-16-15(25-13(6-8-41-25)12-31-7-9-40-3)4-5-18(33)20(16)23(34)19(14)26(36)29(17,39)27(37)21(24(22)35)28(30)38/h4-6,8,14,17,22,31,33-34,37,39H,7,9-12H2,1-3H3,(H2,30,38)/t14-,17-,22-,29-/m0/s1. The highest BCUT2D eigenvalue weighted by molar-refractivity contribution is 6.24. The Bertz CT molecular complexity index is 1500. The maximum Gasteiger partial charge on any atom is 0.255 e. The predicted molar refractivity (Wildman–Crippen MR) is 146 cm³/mol. The summed E-state index contributed by atoms with van der Waals surface area (Å²) < 4.78 is 10.9. The van der Waals surface area contributed by atoms with Crippen LogP contribution in [0.25, 0.3) is 17.1 Å². The summed E-state index contributed by atoms with van der Waals surface area (Å²) in [4.78, 5) is 40.8.